The highest BCUT2D eigenvalue weighted by molar-refractivity contribution is 4.83. The van der Waals surface area contributed by atoms with Crippen LogP contribution < -0.4 is 0 Å². The van der Waals surface area contributed by atoms with Gasteiger partial charge in [0, 0.05) is 0 Å². The van der Waals surface area contributed by atoms with Gasteiger partial charge in [0.05, 0.1) is 6.10 Å². The molecule has 0 saturated heterocycles. The summed E-state index contributed by atoms with van der Waals surface area (Å²) in [5, 5.41) is 9.55. The second kappa shape index (κ2) is 5.34. The lowest BCUT2D eigenvalue weighted by Gasteiger charge is -2.39. The lowest BCUT2D eigenvalue weighted by atomic mass is 9.67. The SMILES string of the molecule is CCC1CCCCC1C1CCC(O)CC1. The molecule has 0 bridgehead atoms. The van der Waals surface area contributed by atoms with Crippen molar-refractivity contribution in [2.75, 3.05) is 0 Å². The first-order valence-corrected chi connectivity index (χ1v) is 6.99. The van der Waals surface area contributed by atoms with Gasteiger partial charge in [-0.05, 0) is 49.9 Å². The Balaban J connectivity index is 1.90. The summed E-state index contributed by atoms with van der Waals surface area (Å²) in [4.78, 5) is 0. The molecule has 0 heterocycles. The maximum atomic E-state index is 9.55. The normalized spacial score (nSPS) is 42.8. The molecule has 2 saturated carbocycles. The molecule has 2 atom stereocenters. The predicted molar refractivity (Wildman–Crippen MR) is 63.7 cm³/mol. The van der Waals surface area contributed by atoms with E-state index in [-0.39, 0.29) is 6.10 Å². The fraction of sp³-hybridized carbons (Fsp3) is 1.00. The van der Waals surface area contributed by atoms with Crippen LogP contribution in [0.5, 0.6) is 0 Å². The van der Waals surface area contributed by atoms with E-state index >= 15 is 0 Å². The van der Waals surface area contributed by atoms with Crippen LogP contribution in [0, 0.1) is 17.8 Å². The molecule has 1 heteroatoms. The molecule has 1 N–H and O–H groups in total. The lowest BCUT2D eigenvalue weighted by Crippen LogP contribution is -2.30. The summed E-state index contributed by atoms with van der Waals surface area (Å²) in [6.45, 7) is 2.36. The van der Waals surface area contributed by atoms with Gasteiger partial charge in [-0.15, -0.1) is 0 Å². The highest BCUT2D eigenvalue weighted by Crippen LogP contribution is 2.42. The first-order chi connectivity index (χ1) is 7.31. The van der Waals surface area contributed by atoms with Gasteiger partial charge in [-0.3, -0.25) is 0 Å². The van der Waals surface area contributed by atoms with E-state index in [1.165, 1.54) is 44.9 Å². The summed E-state index contributed by atoms with van der Waals surface area (Å²) in [6.07, 6.45) is 12.0. The standard InChI is InChI=1S/C14H26O/c1-2-11-5-3-4-6-14(11)12-7-9-13(15)10-8-12/h11-15H,2-10H2,1H3. The number of rotatable bonds is 2. The molecular weight excluding hydrogens is 184 g/mol. The Morgan fingerprint density at radius 2 is 1.60 bits per heavy atom. The molecule has 2 rings (SSSR count). The average Bonchev–Trinajstić information content (AvgIpc) is 2.30. The summed E-state index contributed by atoms with van der Waals surface area (Å²) >= 11 is 0. The molecule has 0 aromatic rings. The van der Waals surface area contributed by atoms with E-state index in [1.54, 1.807) is 0 Å². The van der Waals surface area contributed by atoms with E-state index in [9.17, 15) is 5.11 Å². The van der Waals surface area contributed by atoms with Gasteiger partial charge in [-0.2, -0.15) is 0 Å². The van der Waals surface area contributed by atoms with Gasteiger partial charge in [-0.25, -0.2) is 0 Å². The van der Waals surface area contributed by atoms with Crippen LogP contribution in [0.2, 0.25) is 0 Å². The third-order valence-electron chi connectivity index (χ3n) is 4.84. The van der Waals surface area contributed by atoms with E-state index in [1.807, 2.05) is 0 Å². The fourth-order valence-electron chi connectivity index (χ4n) is 3.89. The van der Waals surface area contributed by atoms with Gasteiger partial charge in [0.2, 0.25) is 0 Å². The lowest BCUT2D eigenvalue weighted by molar-refractivity contribution is 0.0613. The molecule has 88 valence electrons. The first-order valence-electron chi connectivity index (χ1n) is 6.99. The zero-order chi connectivity index (χ0) is 10.7. The zero-order valence-electron chi connectivity index (χ0n) is 10.1. The Hall–Kier alpha value is -0.0400. The van der Waals surface area contributed by atoms with Crippen molar-refractivity contribution in [3.63, 3.8) is 0 Å². The number of hydrogen-bond acceptors (Lipinski definition) is 1. The molecule has 0 radical (unpaired) electrons. The zero-order valence-corrected chi connectivity index (χ0v) is 10.1. The molecule has 0 amide bonds. The van der Waals surface area contributed by atoms with E-state index in [0.29, 0.717) is 0 Å². The smallest absolute Gasteiger partial charge is 0.0540 e. The van der Waals surface area contributed by atoms with Gasteiger partial charge < -0.3 is 5.11 Å². The monoisotopic (exact) mass is 210 g/mol. The number of aliphatic hydroxyl groups is 1. The third kappa shape index (κ3) is 2.75. The van der Waals surface area contributed by atoms with Crippen molar-refractivity contribution >= 4 is 0 Å². The molecule has 2 aliphatic carbocycles. The number of aliphatic hydroxyl groups excluding tert-OH is 1. The first kappa shape index (κ1) is 11.4. The van der Waals surface area contributed by atoms with Gasteiger partial charge in [0.15, 0.2) is 0 Å². The average molecular weight is 210 g/mol. The van der Waals surface area contributed by atoms with Crippen LogP contribution in [-0.2, 0) is 0 Å². The van der Waals surface area contributed by atoms with Crippen LogP contribution >= 0.6 is 0 Å². The Labute approximate surface area is 94.3 Å². The highest BCUT2D eigenvalue weighted by Gasteiger charge is 2.32. The summed E-state index contributed by atoms with van der Waals surface area (Å²) in [5.74, 6) is 2.94. The molecule has 2 unspecified atom stereocenters. The van der Waals surface area contributed by atoms with Gasteiger partial charge >= 0.3 is 0 Å². The Morgan fingerprint density at radius 1 is 0.933 bits per heavy atom. The van der Waals surface area contributed by atoms with E-state index in [0.717, 1.165) is 30.6 Å². The van der Waals surface area contributed by atoms with Crippen LogP contribution in [0.15, 0.2) is 0 Å². The van der Waals surface area contributed by atoms with Gasteiger partial charge in [-0.1, -0.05) is 32.6 Å². The summed E-state index contributed by atoms with van der Waals surface area (Å²) < 4.78 is 0. The molecular formula is C14H26O. The Morgan fingerprint density at radius 3 is 2.27 bits per heavy atom. The maximum absolute atomic E-state index is 9.55. The predicted octanol–water partition coefficient (Wildman–Crippen LogP) is 3.75. The molecule has 0 aromatic heterocycles. The van der Waals surface area contributed by atoms with E-state index in [4.69, 9.17) is 0 Å². The summed E-state index contributed by atoms with van der Waals surface area (Å²) in [5.41, 5.74) is 0. The Bertz CT molecular complexity index is 182. The largest absolute Gasteiger partial charge is 0.393 e. The van der Waals surface area contributed by atoms with Crippen molar-refractivity contribution in [2.24, 2.45) is 17.8 Å². The summed E-state index contributed by atoms with van der Waals surface area (Å²) in [6, 6.07) is 0. The third-order valence-corrected chi connectivity index (χ3v) is 4.84. The van der Waals surface area contributed by atoms with Crippen LogP contribution in [-0.4, -0.2) is 11.2 Å². The van der Waals surface area contributed by atoms with Crippen LogP contribution in [0.1, 0.15) is 64.7 Å². The summed E-state index contributed by atoms with van der Waals surface area (Å²) in [7, 11) is 0. The minimum atomic E-state index is 0.0184. The van der Waals surface area contributed by atoms with Crippen molar-refractivity contribution in [3.05, 3.63) is 0 Å². The molecule has 0 aromatic carbocycles. The molecule has 15 heavy (non-hydrogen) atoms. The van der Waals surface area contributed by atoms with E-state index < -0.39 is 0 Å². The quantitative estimate of drug-likeness (QED) is 0.736. The highest BCUT2D eigenvalue weighted by atomic mass is 16.3. The molecule has 0 spiro atoms. The second-order valence-electron chi connectivity index (χ2n) is 5.69. The minimum absolute atomic E-state index is 0.0184. The maximum Gasteiger partial charge on any atom is 0.0540 e. The van der Waals surface area contributed by atoms with Crippen molar-refractivity contribution in [2.45, 2.75) is 70.8 Å². The van der Waals surface area contributed by atoms with Crippen LogP contribution in [0.3, 0.4) is 0 Å². The number of hydrogen-bond donors (Lipinski definition) is 1. The van der Waals surface area contributed by atoms with Crippen molar-refractivity contribution in [3.8, 4) is 0 Å². The molecule has 1 nitrogen and oxygen atoms in total. The molecule has 2 aliphatic rings. The van der Waals surface area contributed by atoms with Crippen molar-refractivity contribution in [1.29, 1.82) is 0 Å². The second-order valence-corrected chi connectivity index (χ2v) is 5.69. The van der Waals surface area contributed by atoms with Crippen molar-refractivity contribution < 1.29 is 5.11 Å². The van der Waals surface area contributed by atoms with Crippen molar-refractivity contribution in [1.82, 2.24) is 0 Å². The molecule has 2 fully saturated rings. The van der Waals surface area contributed by atoms with Gasteiger partial charge in [0.1, 0.15) is 0 Å². The Kier molecular flexibility index (Phi) is 4.07. The van der Waals surface area contributed by atoms with Crippen LogP contribution in [0.4, 0.5) is 0 Å². The molecule has 0 aliphatic heterocycles. The van der Waals surface area contributed by atoms with Crippen LogP contribution in [0.25, 0.3) is 0 Å². The fourth-order valence-corrected chi connectivity index (χ4v) is 3.89. The topological polar surface area (TPSA) is 20.2 Å². The van der Waals surface area contributed by atoms with Gasteiger partial charge in [0.25, 0.3) is 0 Å². The van der Waals surface area contributed by atoms with E-state index in [2.05, 4.69) is 6.92 Å². The minimum Gasteiger partial charge on any atom is -0.393 e.